The molecule has 1 aliphatic rings. The van der Waals surface area contributed by atoms with Crippen molar-refractivity contribution in [3.63, 3.8) is 0 Å². The normalized spacial score (nSPS) is 13.1. The highest BCUT2D eigenvalue weighted by Crippen LogP contribution is 2.45. The van der Waals surface area contributed by atoms with Gasteiger partial charge in [0, 0.05) is 16.6 Å². The zero-order chi connectivity index (χ0) is 23.1. The molecule has 0 amide bonds. The van der Waals surface area contributed by atoms with Crippen LogP contribution in [0.1, 0.15) is 39.3 Å². The molecule has 0 bridgehead atoms. The number of carbonyl (C=O) groups excluding carboxylic acids is 1. The smallest absolute Gasteiger partial charge is 0.205 e. The Morgan fingerprint density at radius 3 is 2.48 bits per heavy atom. The molecule has 5 rings (SSSR count). The predicted octanol–water partition coefficient (Wildman–Crippen LogP) is 5.81. The van der Waals surface area contributed by atoms with Gasteiger partial charge in [0.2, 0.25) is 5.78 Å². The number of methoxy groups -OCH3 is 2. The summed E-state index contributed by atoms with van der Waals surface area (Å²) in [6, 6.07) is 11.3. The molecular weight excluding hydrogens is 439 g/mol. The van der Waals surface area contributed by atoms with Crippen molar-refractivity contribution in [3.05, 3.63) is 70.0 Å². The van der Waals surface area contributed by atoms with E-state index in [2.05, 4.69) is 0 Å². The Kier molecular flexibility index (Phi) is 5.50. The van der Waals surface area contributed by atoms with Crippen LogP contribution in [-0.2, 0) is 12.8 Å². The maximum atomic E-state index is 13.4. The number of anilines is 1. The van der Waals surface area contributed by atoms with Crippen molar-refractivity contribution in [1.82, 2.24) is 4.98 Å². The van der Waals surface area contributed by atoms with Crippen molar-refractivity contribution < 1.29 is 18.7 Å². The van der Waals surface area contributed by atoms with Gasteiger partial charge < -0.3 is 15.2 Å². The van der Waals surface area contributed by atoms with Gasteiger partial charge in [0.15, 0.2) is 11.5 Å². The van der Waals surface area contributed by atoms with E-state index in [0.29, 0.717) is 27.6 Å². The van der Waals surface area contributed by atoms with Crippen LogP contribution in [0.5, 0.6) is 11.5 Å². The van der Waals surface area contributed by atoms with Crippen LogP contribution in [0.3, 0.4) is 0 Å². The molecule has 0 radical (unpaired) electrons. The van der Waals surface area contributed by atoms with Crippen LogP contribution in [0.2, 0.25) is 0 Å². The van der Waals surface area contributed by atoms with E-state index in [1.54, 1.807) is 14.2 Å². The van der Waals surface area contributed by atoms with Crippen LogP contribution in [-0.4, -0.2) is 25.0 Å². The van der Waals surface area contributed by atoms with E-state index in [-0.39, 0.29) is 11.6 Å². The molecule has 7 heteroatoms. The summed E-state index contributed by atoms with van der Waals surface area (Å²) < 4.78 is 24.3. The molecular formula is C26H23FN2O3S. The van der Waals surface area contributed by atoms with Crippen LogP contribution in [0.15, 0.2) is 42.5 Å². The van der Waals surface area contributed by atoms with Crippen LogP contribution < -0.4 is 15.2 Å². The van der Waals surface area contributed by atoms with Gasteiger partial charge >= 0.3 is 0 Å². The van der Waals surface area contributed by atoms with E-state index in [1.807, 2.05) is 18.2 Å². The van der Waals surface area contributed by atoms with Crippen molar-refractivity contribution in [1.29, 1.82) is 0 Å². The van der Waals surface area contributed by atoms with Gasteiger partial charge in [0.05, 0.1) is 19.9 Å². The number of aryl methyl sites for hydroxylation is 1. The number of nitrogens with two attached hydrogens (primary N) is 1. The maximum absolute atomic E-state index is 13.4. The Balaban J connectivity index is 1.76. The van der Waals surface area contributed by atoms with E-state index in [9.17, 15) is 9.18 Å². The minimum absolute atomic E-state index is 0.230. The number of hydrogen-bond donors (Lipinski definition) is 1. The molecule has 0 unspecified atom stereocenters. The standard InChI is InChI=1S/C26H23FN2O3S/c1-31-19-12-9-15(13-20(19)32-2)21-17-5-3-4-6-18(17)29-26-22(21)23(28)25(33-26)24(30)14-7-10-16(27)11-8-14/h7-13H,3-6,28H2,1-2H3. The van der Waals surface area contributed by atoms with Crippen molar-refractivity contribution in [2.45, 2.75) is 25.7 Å². The second kappa shape index (κ2) is 8.48. The number of halogens is 1. The summed E-state index contributed by atoms with van der Waals surface area (Å²) in [4.78, 5) is 19.3. The number of rotatable bonds is 5. The zero-order valence-corrected chi connectivity index (χ0v) is 19.2. The number of thiophene rings is 1. The number of aromatic nitrogens is 1. The number of ketones is 1. The Bertz CT molecular complexity index is 1380. The van der Waals surface area contributed by atoms with Gasteiger partial charge in [0.1, 0.15) is 15.5 Å². The first-order chi connectivity index (χ1) is 16.0. The van der Waals surface area contributed by atoms with Gasteiger partial charge in [0.25, 0.3) is 0 Å². The van der Waals surface area contributed by atoms with E-state index in [1.165, 1.54) is 41.2 Å². The quantitative estimate of drug-likeness (QED) is 0.379. The average Bonchev–Trinajstić information content (AvgIpc) is 3.17. The Hall–Kier alpha value is -3.45. The number of fused-ring (bicyclic) bond motifs is 2. The van der Waals surface area contributed by atoms with Crippen LogP contribution in [0.4, 0.5) is 10.1 Å². The van der Waals surface area contributed by atoms with Gasteiger partial charge in [-0.3, -0.25) is 4.79 Å². The first kappa shape index (κ1) is 21.4. The third-order valence-corrected chi connectivity index (χ3v) is 7.24. The van der Waals surface area contributed by atoms with E-state index < -0.39 is 0 Å². The highest BCUT2D eigenvalue weighted by atomic mass is 32.1. The molecule has 4 aromatic rings. The molecule has 0 spiro atoms. The summed E-state index contributed by atoms with van der Waals surface area (Å²) in [6.07, 6.45) is 3.95. The molecule has 0 saturated carbocycles. The summed E-state index contributed by atoms with van der Waals surface area (Å²) in [6.45, 7) is 0. The largest absolute Gasteiger partial charge is 0.493 e. The summed E-state index contributed by atoms with van der Waals surface area (Å²) in [5.74, 6) is 0.652. The van der Waals surface area contributed by atoms with Gasteiger partial charge in [-0.1, -0.05) is 6.07 Å². The first-order valence-corrected chi connectivity index (χ1v) is 11.6. The number of pyridine rings is 1. The van der Waals surface area contributed by atoms with Gasteiger partial charge in [-0.25, -0.2) is 9.37 Å². The van der Waals surface area contributed by atoms with Crippen molar-refractivity contribution in [3.8, 4) is 22.6 Å². The topological polar surface area (TPSA) is 74.4 Å². The van der Waals surface area contributed by atoms with E-state index >= 15 is 0 Å². The predicted molar refractivity (Wildman–Crippen MR) is 129 cm³/mol. The fourth-order valence-electron chi connectivity index (χ4n) is 4.52. The fraction of sp³-hybridized carbons (Fsp3) is 0.231. The SMILES string of the molecule is COc1ccc(-c2c3c(nc4sc(C(=O)c5ccc(F)cc5)c(N)c24)CCCC3)cc1OC. The Labute approximate surface area is 195 Å². The summed E-state index contributed by atoms with van der Waals surface area (Å²) in [5, 5.41) is 0.790. The lowest BCUT2D eigenvalue weighted by Gasteiger charge is -2.21. The lowest BCUT2D eigenvalue weighted by molar-refractivity contribution is 0.104. The van der Waals surface area contributed by atoms with Crippen LogP contribution >= 0.6 is 11.3 Å². The van der Waals surface area contributed by atoms with Gasteiger partial charge in [-0.2, -0.15) is 0 Å². The lowest BCUT2D eigenvalue weighted by atomic mass is 9.87. The molecule has 0 atom stereocenters. The zero-order valence-electron chi connectivity index (χ0n) is 18.4. The van der Waals surface area contributed by atoms with Crippen LogP contribution in [0, 0.1) is 5.82 Å². The van der Waals surface area contributed by atoms with Gasteiger partial charge in [-0.05, 0) is 78.8 Å². The minimum Gasteiger partial charge on any atom is -0.493 e. The van der Waals surface area contributed by atoms with Gasteiger partial charge in [-0.15, -0.1) is 11.3 Å². The molecule has 33 heavy (non-hydrogen) atoms. The molecule has 0 aliphatic heterocycles. The third-order valence-electron chi connectivity index (χ3n) is 6.14. The van der Waals surface area contributed by atoms with E-state index in [0.717, 1.165) is 52.7 Å². The number of benzene rings is 2. The fourth-order valence-corrected chi connectivity index (χ4v) is 5.60. The molecule has 0 saturated heterocycles. The molecule has 0 fully saturated rings. The molecule has 1 aliphatic carbocycles. The second-order valence-corrected chi connectivity index (χ2v) is 9.05. The Morgan fingerprint density at radius 1 is 1.03 bits per heavy atom. The van der Waals surface area contributed by atoms with Crippen LogP contribution in [0.25, 0.3) is 21.3 Å². The molecule has 2 aromatic heterocycles. The van der Waals surface area contributed by atoms with E-state index in [4.69, 9.17) is 20.2 Å². The molecule has 2 aromatic carbocycles. The summed E-state index contributed by atoms with van der Waals surface area (Å²) >= 11 is 1.29. The molecule has 5 nitrogen and oxygen atoms in total. The second-order valence-electron chi connectivity index (χ2n) is 8.05. The number of nitrogens with zero attached hydrogens (tertiary/aromatic N) is 1. The Morgan fingerprint density at radius 2 is 1.76 bits per heavy atom. The number of nitrogen functional groups attached to an aromatic ring is 1. The monoisotopic (exact) mass is 462 g/mol. The lowest BCUT2D eigenvalue weighted by Crippen LogP contribution is -2.08. The first-order valence-electron chi connectivity index (χ1n) is 10.8. The highest BCUT2D eigenvalue weighted by Gasteiger charge is 2.26. The summed E-state index contributed by atoms with van der Waals surface area (Å²) in [7, 11) is 3.21. The highest BCUT2D eigenvalue weighted by molar-refractivity contribution is 7.21. The summed E-state index contributed by atoms with van der Waals surface area (Å²) in [5.41, 5.74) is 11.6. The average molecular weight is 463 g/mol. The molecule has 2 heterocycles. The number of hydrogen-bond acceptors (Lipinski definition) is 6. The maximum Gasteiger partial charge on any atom is 0.205 e. The number of carbonyl (C=O) groups is 1. The minimum atomic E-state index is -0.388. The number of ether oxygens (including phenoxy) is 2. The van der Waals surface area contributed by atoms with Crippen molar-refractivity contribution in [2.75, 3.05) is 20.0 Å². The molecule has 168 valence electrons. The van der Waals surface area contributed by atoms with Crippen molar-refractivity contribution in [2.24, 2.45) is 0 Å². The van der Waals surface area contributed by atoms with Crippen molar-refractivity contribution >= 4 is 33.0 Å². The third kappa shape index (κ3) is 3.62. The molecule has 2 N–H and O–H groups in total.